The average Bonchev–Trinajstić information content (AvgIpc) is 3.20. The van der Waals surface area contributed by atoms with Crippen LogP contribution in [0.2, 0.25) is 0 Å². The summed E-state index contributed by atoms with van der Waals surface area (Å²) in [5.41, 5.74) is -0.805. The van der Waals surface area contributed by atoms with Gasteiger partial charge in [-0.05, 0) is 47.4 Å². The SMILES string of the molecule is COc1cc(/C=C2\SC(=S)N(c3cccc4ccccc34)C2=O)ccc1Oc1ccc(C(F)(F)F)cc1[N+](=O)[O-]. The van der Waals surface area contributed by atoms with Crippen LogP contribution in [0, 0.1) is 10.1 Å². The fraction of sp³-hybridized carbons (Fsp3) is 0.0714. The van der Waals surface area contributed by atoms with Crippen LogP contribution >= 0.6 is 24.0 Å². The number of thiocarbonyl (C=S) groups is 1. The number of nitro benzene ring substituents is 1. The molecule has 0 N–H and O–H groups in total. The molecule has 202 valence electrons. The van der Waals surface area contributed by atoms with Crippen LogP contribution in [-0.2, 0) is 11.0 Å². The van der Waals surface area contributed by atoms with Crippen molar-refractivity contribution in [1.82, 2.24) is 0 Å². The fourth-order valence-electron chi connectivity index (χ4n) is 4.13. The van der Waals surface area contributed by atoms with Gasteiger partial charge in [0, 0.05) is 11.5 Å². The number of benzene rings is 4. The first-order valence-electron chi connectivity index (χ1n) is 11.5. The lowest BCUT2D eigenvalue weighted by Gasteiger charge is -2.17. The second kappa shape index (κ2) is 10.6. The Labute approximate surface area is 235 Å². The lowest BCUT2D eigenvalue weighted by Crippen LogP contribution is -2.27. The molecule has 0 spiro atoms. The Kier molecular flexibility index (Phi) is 7.21. The highest BCUT2D eigenvalue weighted by atomic mass is 32.2. The maximum atomic E-state index is 13.4. The van der Waals surface area contributed by atoms with Gasteiger partial charge in [0.15, 0.2) is 15.8 Å². The Morgan fingerprint density at radius 3 is 2.42 bits per heavy atom. The third kappa shape index (κ3) is 5.23. The highest BCUT2D eigenvalue weighted by Crippen LogP contribution is 2.42. The number of anilines is 1. The number of amides is 1. The minimum Gasteiger partial charge on any atom is -0.493 e. The minimum atomic E-state index is -4.75. The third-order valence-corrected chi connectivity index (χ3v) is 7.29. The second-order valence-corrected chi connectivity index (χ2v) is 10.1. The van der Waals surface area contributed by atoms with Gasteiger partial charge in [0.1, 0.15) is 0 Å². The quantitative estimate of drug-likeness (QED) is 0.0987. The standard InChI is InChI=1S/C28H17F3N2O5S2/c1-37-24-13-16(9-11-23(24)38-22-12-10-18(28(29,30)31)15-21(22)33(35)36)14-25-26(34)32(27(39)40-25)20-8-4-6-17-5-2-3-7-19(17)20/h2-15H,1H3/b25-14-. The number of methoxy groups -OCH3 is 1. The molecule has 0 aromatic heterocycles. The molecule has 1 amide bonds. The van der Waals surface area contributed by atoms with E-state index in [0.29, 0.717) is 32.6 Å². The van der Waals surface area contributed by atoms with Crippen LogP contribution in [-0.4, -0.2) is 22.3 Å². The molecular weight excluding hydrogens is 565 g/mol. The Bertz CT molecular complexity index is 1720. The molecule has 0 radical (unpaired) electrons. The monoisotopic (exact) mass is 582 g/mol. The van der Waals surface area contributed by atoms with Gasteiger partial charge < -0.3 is 9.47 Å². The molecule has 1 heterocycles. The summed E-state index contributed by atoms with van der Waals surface area (Å²) in [5, 5.41) is 13.3. The summed E-state index contributed by atoms with van der Waals surface area (Å²) in [6, 6.07) is 19.8. The fourth-order valence-corrected chi connectivity index (χ4v) is 5.41. The van der Waals surface area contributed by atoms with Crippen LogP contribution in [0.15, 0.2) is 83.8 Å². The van der Waals surface area contributed by atoms with Crippen molar-refractivity contribution in [2.45, 2.75) is 6.18 Å². The number of nitrogens with zero attached hydrogens (tertiary/aromatic N) is 2. The van der Waals surface area contributed by atoms with Gasteiger partial charge in [-0.2, -0.15) is 13.2 Å². The highest BCUT2D eigenvalue weighted by molar-refractivity contribution is 8.27. The van der Waals surface area contributed by atoms with Crippen molar-refractivity contribution in [3.05, 3.63) is 105 Å². The molecule has 0 saturated carbocycles. The topological polar surface area (TPSA) is 81.9 Å². The number of fused-ring (bicyclic) bond motifs is 1. The molecule has 4 aromatic rings. The molecule has 40 heavy (non-hydrogen) atoms. The average molecular weight is 583 g/mol. The van der Waals surface area contributed by atoms with Crippen LogP contribution in [0.25, 0.3) is 16.8 Å². The van der Waals surface area contributed by atoms with Gasteiger partial charge in [0.05, 0.1) is 28.2 Å². The number of carbonyl (C=O) groups excluding carboxylic acids is 1. The Morgan fingerprint density at radius 2 is 1.70 bits per heavy atom. The van der Waals surface area contributed by atoms with E-state index in [-0.39, 0.29) is 23.2 Å². The molecule has 0 unspecified atom stereocenters. The largest absolute Gasteiger partial charge is 0.493 e. The van der Waals surface area contributed by atoms with E-state index >= 15 is 0 Å². The number of halogens is 3. The number of hydrogen-bond acceptors (Lipinski definition) is 7. The first-order valence-corrected chi connectivity index (χ1v) is 12.8. The van der Waals surface area contributed by atoms with Gasteiger partial charge in [-0.1, -0.05) is 66.4 Å². The predicted octanol–water partition coefficient (Wildman–Crippen LogP) is 7.97. The normalized spacial score (nSPS) is 14.7. The lowest BCUT2D eigenvalue weighted by molar-refractivity contribution is -0.385. The van der Waals surface area contributed by atoms with Gasteiger partial charge in [0.2, 0.25) is 5.75 Å². The van der Waals surface area contributed by atoms with Gasteiger partial charge >= 0.3 is 11.9 Å². The number of ether oxygens (including phenoxy) is 2. The number of carbonyl (C=O) groups is 1. The molecule has 1 aliphatic rings. The van der Waals surface area contributed by atoms with E-state index in [1.165, 1.54) is 24.1 Å². The van der Waals surface area contributed by atoms with Crippen molar-refractivity contribution in [3.63, 3.8) is 0 Å². The van der Waals surface area contributed by atoms with E-state index in [1.807, 2.05) is 42.5 Å². The van der Waals surface area contributed by atoms with Crippen molar-refractivity contribution < 1.29 is 32.4 Å². The third-order valence-electron chi connectivity index (χ3n) is 5.99. The van der Waals surface area contributed by atoms with E-state index in [2.05, 4.69) is 0 Å². The van der Waals surface area contributed by atoms with Crippen molar-refractivity contribution >= 4 is 62.4 Å². The van der Waals surface area contributed by atoms with Crippen LogP contribution in [0.1, 0.15) is 11.1 Å². The van der Waals surface area contributed by atoms with Crippen molar-refractivity contribution in [2.75, 3.05) is 12.0 Å². The molecular formula is C28H17F3N2O5S2. The molecule has 0 bridgehead atoms. The minimum absolute atomic E-state index is 0.0332. The molecule has 0 aliphatic carbocycles. The molecule has 4 aromatic carbocycles. The molecule has 0 atom stereocenters. The van der Waals surface area contributed by atoms with Gasteiger partial charge in [0.25, 0.3) is 5.91 Å². The molecule has 1 aliphatic heterocycles. The first kappa shape index (κ1) is 27.2. The summed E-state index contributed by atoms with van der Waals surface area (Å²) in [4.78, 5) is 25.7. The number of rotatable bonds is 6. The van der Waals surface area contributed by atoms with Crippen molar-refractivity contribution in [2.24, 2.45) is 0 Å². The summed E-state index contributed by atoms with van der Waals surface area (Å²) >= 11 is 6.66. The Balaban J connectivity index is 1.44. The number of alkyl halides is 3. The van der Waals surface area contributed by atoms with Crippen LogP contribution in [0.4, 0.5) is 24.5 Å². The van der Waals surface area contributed by atoms with Crippen molar-refractivity contribution in [3.8, 4) is 17.2 Å². The molecule has 1 fully saturated rings. The van der Waals surface area contributed by atoms with Crippen LogP contribution in [0.3, 0.4) is 0 Å². The number of nitro groups is 1. The zero-order valence-electron chi connectivity index (χ0n) is 20.5. The highest BCUT2D eigenvalue weighted by Gasteiger charge is 2.35. The molecule has 12 heteroatoms. The predicted molar refractivity (Wildman–Crippen MR) is 151 cm³/mol. The van der Waals surface area contributed by atoms with Crippen LogP contribution < -0.4 is 14.4 Å². The van der Waals surface area contributed by atoms with Gasteiger partial charge in [-0.25, -0.2) is 0 Å². The first-order chi connectivity index (χ1) is 19.1. The smallest absolute Gasteiger partial charge is 0.416 e. The zero-order chi connectivity index (χ0) is 28.6. The summed E-state index contributed by atoms with van der Waals surface area (Å²) in [6.45, 7) is 0. The van der Waals surface area contributed by atoms with E-state index < -0.39 is 22.4 Å². The van der Waals surface area contributed by atoms with E-state index in [0.717, 1.165) is 28.6 Å². The van der Waals surface area contributed by atoms with Gasteiger partial charge in [-0.15, -0.1) is 0 Å². The van der Waals surface area contributed by atoms with E-state index in [4.69, 9.17) is 21.7 Å². The molecule has 5 rings (SSSR count). The maximum Gasteiger partial charge on any atom is 0.416 e. The van der Waals surface area contributed by atoms with Crippen molar-refractivity contribution in [1.29, 1.82) is 0 Å². The van der Waals surface area contributed by atoms with Gasteiger partial charge in [-0.3, -0.25) is 19.8 Å². The number of thioether (sulfide) groups is 1. The maximum absolute atomic E-state index is 13.4. The lowest BCUT2D eigenvalue weighted by atomic mass is 10.1. The summed E-state index contributed by atoms with van der Waals surface area (Å²) in [5.74, 6) is -0.510. The van der Waals surface area contributed by atoms with E-state index in [1.54, 1.807) is 12.1 Å². The molecule has 1 saturated heterocycles. The Morgan fingerprint density at radius 1 is 0.975 bits per heavy atom. The zero-order valence-corrected chi connectivity index (χ0v) is 22.1. The number of hydrogen-bond donors (Lipinski definition) is 0. The second-order valence-electron chi connectivity index (χ2n) is 8.47. The van der Waals surface area contributed by atoms with Crippen LogP contribution in [0.5, 0.6) is 17.2 Å². The van der Waals surface area contributed by atoms with E-state index in [9.17, 15) is 28.1 Å². The summed E-state index contributed by atoms with van der Waals surface area (Å²) in [6.07, 6.45) is -3.13. The molecule has 7 nitrogen and oxygen atoms in total. The summed E-state index contributed by atoms with van der Waals surface area (Å²) in [7, 11) is 1.34. The Hall–Kier alpha value is -4.42. The summed E-state index contributed by atoms with van der Waals surface area (Å²) < 4.78 is 50.4.